The number of hydrogen-bond acceptors (Lipinski definition) is 3. The minimum atomic E-state index is 0.393. The fourth-order valence-electron chi connectivity index (χ4n) is 2.39. The van der Waals surface area contributed by atoms with E-state index in [1.54, 1.807) is 6.20 Å². The van der Waals surface area contributed by atoms with Gasteiger partial charge < -0.3 is 10.6 Å². The lowest BCUT2D eigenvalue weighted by Crippen LogP contribution is -2.28. The zero-order valence-corrected chi connectivity index (χ0v) is 9.72. The molecule has 0 unspecified atom stereocenters. The molecule has 2 aliphatic heterocycles. The van der Waals surface area contributed by atoms with Gasteiger partial charge >= 0.3 is 0 Å². The SMILES string of the molecule is Clc1ccnc2c1C[C@@H](C1=CCNCC1)N2. The Hall–Kier alpha value is -1.06. The maximum absolute atomic E-state index is 6.16. The minimum Gasteiger partial charge on any atom is -0.363 e. The first-order chi connectivity index (χ1) is 7.84. The Kier molecular flexibility index (Phi) is 2.58. The van der Waals surface area contributed by atoms with E-state index in [2.05, 4.69) is 21.7 Å². The highest BCUT2D eigenvalue weighted by Crippen LogP contribution is 2.32. The third-order valence-electron chi connectivity index (χ3n) is 3.26. The van der Waals surface area contributed by atoms with Gasteiger partial charge in [-0.3, -0.25) is 0 Å². The van der Waals surface area contributed by atoms with Gasteiger partial charge in [-0.05, 0) is 24.6 Å². The van der Waals surface area contributed by atoms with Crippen molar-refractivity contribution >= 4 is 17.4 Å². The van der Waals surface area contributed by atoms with Crippen LogP contribution in [0.1, 0.15) is 12.0 Å². The molecule has 3 rings (SSSR count). The molecule has 0 fully saturated rings. The Morgan fingerprint density at radius 2 is 2.38 bits per heavy atom. The summed E-state index contributed by atoms with van der Waals surface area (Å²) >= 11 is 6.16. The van der Waals surface area contributed by atoms with Crippen LogP contribution in [0.25, 0.3) is 0 Å². The number of nitrogens with one attached hydrogen (secondary N) is 2. The summed E-state index contributed by atoms with van der Waals surface area (Å²) in [4.78, 5) is 4.33. The predicted molar refractivity (Wildman–Crippen MR) is 65.9 cm³/mol. The molecule has 0 saturated carbocycles. The molecule has 1 aromatic heterocycles. The Bertz CT molecular complexity index is 442. The van der Waals surface area contributed by atoms with Crippen LogP contribution in [0.5, 0.6) is 0 Å². The molecule has 0 aliphatic carbocycles. The number of anilines is 1. The summed E-state index contributed by atoms with van der Waals surface area (Å²) in [6.45, 7) is 2.05. The van der Waals surface area contributed by atoms with Crippen LogP contribution in [0.15, 0.2) is 23.9 Å². The molecule has 0 saturated heterocycles. The van der Waals surface area contributed by atoms with Crippen LogP contribution in [0.2, 0.25) is 5.02 Å². The van der Waals surface area contributed by atoms with E-state index < -0.39 is 0 Å². The zero-order chi connectivity index (χ0) is 11.0. The number of nitrogens with zero attached hydrogens (tertiary/aromatic N) is 1. The van der Waals surface area contributed by atoms with E-state index in [0.29, 0.717) is 6.04 Å². The first-order valence-corrected chi connectivity index (χ1v) is 6.02. The summed E-state index contributed by atoms with van der Waals surface area (Å²) in [5.74, 6) is 0.955. The summed E-state index contributed by atoms with van der Waals surface area (Å²) in [7, 11) is 0. The van der Waals surface area contributed by atoms with Crippen molar-refractivity contribution in [2.45, 2.75) is 18.9 Å². The van der Waals surface area contributed by atoms with Gasteiger partial charge in [0.15, 0.2) is 0 Å². The van der Waals surface area contributed by atoms with Crippen molar-refractivity contribution in [1.29, 1.82) is 0 Å². The van der Waals surface area contributed by atoms with Crippen molar-refractivity contribution in [3.05, 3.63) is 34.5 Å². The van der Waals surface area contributed by atoms with E-state index in [-0.39, 0.29) is 0 Å². The van der Waals surface area contributed by atoms with Crippen LogP contribution < -0.4 is 10.6 Å². The number of aromatic nitrogens is 1. The molecule has 3 nitrogen and oxygen atoms in total. The van der Waals surface area contributed by atoms with Gasteiger partial charge in [0.25, 0.3) is 0 Å². The summed E-state index contributed by atoms with van der Waals surface area (Å²) in [6.07, 6.45) is 6.12. The molecule has 0 amide bonds. The molecule has 2 N–H and O–H groups in total. The van der Waals surface area contributed by atoms with Crippen molar-refractivity contribution < 1.29 is 0 Å². The Labute approximate surface area is 99.9 Å². The maximum Gasteiger partial charge on any atom is 0.131 e. The molecule has 2 aliphatic rings. The highest BCUT2D eigenvalue weighted by atomic mass is 35.5. The highest BCUT2D eigenvalue weighted by Gasteiger charge is 2.26. The number of pyridine rings is 1. The molecular formula is C12H14ClN3. The zero-order valence-electron chi connectivity index (χ0n) is 8.96. The smallest absolute Gasteiger partial charge is 0.131 e. The van der Waals surface area contributed by atoms with Crippen molar-refractivity contribution in [3.8, 4) is 0 Å². The maximum atomic E-state index is 6.16. The second-order valence-corrected chi connectivity index (χ2v) is 4.66. The molecule has 3 heterocycles. The van der Waals surface area contributed by atoms with Gasteiger partial charge in [0.2, 0.25) is 0 Å². The van der Waals surface area contributed by atoms with Crippen molar-refractivity contribution in [2.75, 3.05) is 18.4 Å². The van der Waals surface area contributed by atoms with E-state index in [1.807, 2.05) is 6.07 Å². The van der Waals surface area contributed by atoms with E-state index in [9.17, 15) is 0 Å². The van der Waals surface area contributed by atoms with E-state index in [4.69, 9.17) is 11.6 Å². The molecule has 16 heavy (non-hydrogen) atoms. The number of rotatable bonds is 1. The second kappa shape index (κ2) is 4.07. The molecule has 0 radical (unpaired) electrons. The molecule has 0 bridgehead atoms. The van der Waals surface area contributed by atoms with Crippen molar-refractivity contribution in [1.82, 2.24) is 10.3 Å². The lowest BCUT2D eigenvalue weighted by atomic mass is 9.98. The summed E-state index contributed by atoms with van der Waals surface area (Å²) < 4.78 is 0. The summed E-state index contributed by atoms with van der Waals surface area (Å²) in [5, 5.41) is 7.61. The number of hydrogen-bond donors (Lipinski definition) is 2. The van der Waals surface area contributed by atoms with Gasteiger partial charge in [0.05, 0.1) is 6.04 Å². The largest absolute Gasteiger partial charge is 0.363 e. The summed E-state index contributed by atoms with van der Waals surface area (Å²) in [5.41, 5.74) is 2.64. The van der Waals surface area contributed by atoms with Gasteiger partial charge in [-0.15, -0.1) is 0 Å². The second-order valence-electron chi connectivity index (χ2n) is 4.25. The van der Waals surface area contributed by atoms with Crippen LogP contribution in [0.4, 0.5) is 5.82 Å². The first kappa shape index (κ1) is 10.1. The average molecular weight is 236 g/mol. The molecule has 1 aromatic rings. The standard InChI is InChI=1S/C12H14ClN3/c13-10-3-6-15-12-9(10)7-11(16-12)8-1-4-14-5-2-8/h1,3,6,11,14H,2,4-5,7H2,(H,15,16)/t11-/m0/s1. The van der Waals surface area contributed by atoms with Gasteiger partial charge in [-0.25, -0.2) is 4.98 Å². The van der Waals surface area contributed by atoms with Crippen LogP contribution in [0.3, 0.4) is 0 Å². The molecule has 0 spiro atoms. The molecule has 84 valence electrons. The molecular weight excluding hydrogens is 222 g/mol. The van der Waals surface area contributed by atoms with Gasteiger partial charge in [-0.1, -0.05) is 17.7 Å². The third-order valence-corrected chi connectivity index (χ3v) is 3.62. The van der Waals surface area contributed by atoms with E-state index in [0.717, 1.165) is 42.3 Å². The lowest BCUT2D eigenvalue weighted by Gasteiger charge is -2.20. The topological polar surface area (TPSA) is 37.0 Å². The van der Waals surface area contributed by atoms with E-state index in [1.165, 1.54) is 5.57 Å². The van der Waals surface area contributed by atoms with Crippen LogP contribution in [-0.4, -0.2) is 24.1 Å². The van der Waals surface area contributed by atoms with Crippen LogP contribution in [0, 0.1) is 0 Å². The van der Waals surface area contributed by atoms with Crippen LogP contribution in [-0.2, 0) is 6.42 Å². The normalized spacial score (nSPS) is 23.6. The lowest BCUT2D eigenvalue weighted by molar-refractivity contribution is 0.662. The van der Waals surface area contributed by atoms with Gasteiger partial charge in [0, 0.05) is 29.7 Å². The van der Waals surface area contributed by atoms with Crippen molar-refractivity contribution in [2.24, 2.45) is 0 Å². The van der Waals surface area contributed by atoms with Gasteiger partial charge in [0.1, 0.15) is 5.82 Å². The highest BCUT2D eigenvalue weighted by molar-refractivity contribution is 6.31. The quantitative estimate of drug-likeness (QED) is 0.731. The average Bonchev–Trinajstić information content (AvgIpc) is 2.76. The Morgan fingerprint density at radius 1 is 1.44 bits per heavy atom. The van der Waals surface area contributed by atoms with Crippen molar-refractivity contribution in [3.63, 3.8) is 0 Å². The van der Waals surface area contributed by atoms with Crippen LogP contribution >= 0.6 is 11.6 Å². The fraction of sp³-hybridized carbons (Fsp3) is 0.417. The third kappa shape index (κ3) is 1.70. The monoisotopic (exact) mass is 235 g/mol. The predicted octanol–water partition coefficient (Wildman–Crippen LogP) is 1.99. The first-order valence-electron chi connectivity index (χ1n) is 5.64. The number of fused-ring (bicyclic) bond motifs is 1. The Balaban J connectivity index is 1.85. The molecule has 0 aromatic carbocycles. The molecule has 1 atom stereocenters. The van der Waals surface area contributed by atoms with Gasteiger partial charge in [-0.2, -0.15) is 0 Å². The molecule has 4 heteroatoms. The summed E-state index contributed by atoms with van der Waals surface area (Å²) in [6, 6.07) is 2.26. The number of halogens is 1. The fourth-order valence-corrected chi connectivity index (χ4v) is 2.61. The Morgan fingerprint density at radius 3 is 3.12 bits per heavy atom. The van der Waals surface area contributed by atoms with E-state index >= 15 is 0 Å². The minimum absolute atomic E-state index is 0.393.